The normalized spacial score (nSPS) is 51.0. The highest BCUT2D eigenvalue weighted by molar-refractivity contribution is 5.95. The molecule has 0 amide bonds. The smallest absolute Gasteiger partial charge is 0.159 e. The summed E-state index contributed by atoms with van der Waals surface area (Å²) in [6.45, 7) is 9.10. The zero-order valence-corrected chi connectivity index (χ0v) is 31.2. The van der Waals surface area contributed by atoms with Crippen LogP contribution in [0.1, 0.15) is 130 Å². The SMILES string of the molecule is CCCC1CCC2OC(C(O)C(C)(O)C3CCC4(O)C5=CC(=O)C6CC(O)C(O)CC6(CCC6CCC(N)NC6)C5CCC34C)C(C)C2CC1. The molecule has 50 heavy (non-hydrogen) atoms. The van der Waals surface area contributed by atoms with Gasteiger partial charge in [-0.15, -0.1) is 0 Å². The maximum Gasteiger partial charge on any atom is 0.159 e. The first-order valence-corrected chi connectivity index (χ1v) is 20.6. The number of carbonyl (C=O) groups excluding carboxylic acids is 1. The van der Waals surface area contributed by atoms with Gasteiger partial charge in [0.15, 0.2) is 5.78 Å². The number of aliphatic hydroxyl groups is 5. The number of ketones is 1. The number of hydrogen-bond donors (Lipinski definition) is 7. The molecule has 0 aromatic rings. The largest absolute Gasteiger partial charge is 0.390 e. The summed E-state index contributed by atoms with van der Waals surface area (Å²) in [4.78, 5) is 14.2. The fourth-order valence-corrected chi connectivity index (χ4v) is 13.5. The molecule has 2 aliphatic heterocycles. The van der Waals surface area contributed by atoms with Crippen molar-refractivity contribution in [1.82, 2.24) is 5.32 Å². The fraction of sp³-hybridized carbons (Fsp3) is 0.927. The number of aliphatic hydroxyl groups excluding tert-OH is 3. The fourth-order valence-electron chi connectivity index (χ4n) is 13.5. The summed E-state index contributed by atoms with van der Waals surface area (Å²) < 4.78 is 6.68. The van der Waals surface area contributed by atoms with Gasteiger partial charge in [0, 0.05) is 11.3 Å². The van der Waals surface area contributed by atoms with Gasteiger partial charge in [-0.25, -0.2) is 0 Å². The molecular formula is C41H68N2O7. The monoisotopic (exact) mass is 701 g/mol. The first-order valence-electron chi connectivity index (χ1n) is 20.6. The van der Waals surface area contributed by atoms with Crippen LogP contribution in [-0.4, -0.2) is 85.7 Å². The van der Waals surface area contributed by atoms with E-state index < -0.39 is 58.3 Å². The predicted octanol–water partition coefficient (Wildman–Crippen LogP) is 4.36. The summed E-state index contributed by atoms with van der Waals surface area (Å²) in [7, 11) is 0. The van der Waals surface area contributed by atoms with Crippen molar-refractivity contribution in [2.24, 2.45) is 58.0 Å². The van der Waals surface area contributed by atoms with Crippen LogP contribution in [0.4, 0.5) is 0 Å². The van der Waals surface area contributed by atoms with Gasteiger partial charge in [-0.05, 0) is 150 Å². The Morgan fingerprint density at radius 1 is 1.02 bits per heavy atom. The van der Waals surface area contributed by atoms with Crippen LogP contribution >= 0.6 is 0 Å². The average Bonchev–Trinajstić information content (AvgIpc) is 3.46. The van der Waals surface area contributed by atoms with Gasteiger partial charge in [-0.2, -0.15) is 0 Å². The maximum atomic E-state index is 14.2. The van der Waals surface area contributed by atoms with Crippen LogP contribution in [0.5, 0.6) is 0 Å². The van der Waals surface area contributed by atoms with E-state index in [1.807, 2.05) is 0 Å². The van der Waals surface area contributed by atoms with E-state index in [0.717, 1.165) is 69.4 Å². The van der Waals surface area contributed by atoms with Crippen molar-refractivity contribution in [3.63, 3.8) is 0 Å². The van der Waals surface area contributed by atoms with Crippen LogP contribution in [0.3, 0.4) is 0 Å². The lowest BCUT2D eigenvalue weighted by molar-refractivity contribution is -0.199. The Balaban J connectivity index is 1.13. The molecule has 7 rings (SSSR count). The minimum atomic E-state index is -1.50. The highest BCUT2D eigenvalue weighted by Crippen LogP contribution is 2.69. The lowest BCUT2D eigenvalue weighted by Crippen LogP contribution is -2.64. The number of piperidine rings is 1. The van der Waals surface area contributed by atoms with Crippen LogP contribution in [0.2, 0.25) is 0 Å². The van der Waals surface area contributed by atoms with Crippen LogP contribution in [0, 0.1) is 52.3 Å². The third-order valence-corrected chi connectivity index (χ3v) is 16.5. The first kappa shape index (κ1) is 37.4. The molecule has 17 unspecified atom stereocenters. The van der Waals surface area contributed by atoms with Crippen LogP contribution in [0.15, 0.2) is 11.6 Å². The van der Waals surface area contributed by atoms with Gasteiger partial charge >= 0.3 is 0 Å². The Labute approximate surface area is 300 Å². The van der Waals surface area contributed by atoms with Crippen LogP contribution in [0.25, 0.3) is 0 Å². The topological polar surface area (TPSA) is 166 Å². The molecule has 0 aromatic carbocycles. The highest BCUT2D eigenvalue weighted by atomic mass is 16.5. The molecule has 9 nitrogen and oxygen atoms in total. The number of nitrogens with one attached hydrogen (secondary N) is 1. The molecule has 2 heterocycles. The average molecular weight is 701 g/mol. The third-order valence-electron chi connectivity index (χ3n) is 16.5. The van der Waals surface area contributed by atoms with Crippen LogP contribution in [-0.2, 0) is 9.53 Å². The van der Waals surface area contributed by atoms with Gasteiger partial charge in [0.2, 0.25) is 0 Å². The third kappa shape index (κ3) is 5.91. The van der Waals surface area contributed by atoms with E-state index in [4.69, 9.17) is 10.5 Å². The second-order valence-corrected chi connectivity index (χ2v) is 19.0. The van der Waals surface area contributed by atoms with E-state index >= 15 is 0 Å². The molecule has 0 aromatic heterocycles. The van der Waals surface area contributed by atoms with Gasteiger partial charge in [0.1, 0.15) is 6.10 Å². The first-order chi connectivity index (χ1) is 23.7. The van der Waals surface area contributed by atoms with Crippen molar-refractivity contribution >= 4 is 5.78 Å². The van der Waals surface area contributed by atoms with Crippen molar-refractivity contribution < 1.29 is 35.1 Å². The molecular weight excluding hydrogens is 632 g/mol. The molecule has 4 saturated carbocycles. The van der Waals surface area contributed by atoms with Crippen molar-refractivity contribution in [2.45, 2.75) is 178 Å². The molecule has 5 aliphatic carbocycles. The highest BCUT2D eigenvalue weighted by Gasteiger charge is 2.70. The summed E-state index contributed by atoms with van der Waals surface area (Å²) in [5.74, 6) is 0.748. The lowest BCUT2D eigenvalue weighted by Gasteiger charge is -2.62. The van der Waals surface area contributed by atoms with Crippen LogP contribution < -0.4 is 11.1 Å². The van der Waals surface area contributed by atoms with Crippen molar-refractivity contribution in [1.29, 1.82) is 0 Å². The molecule has 9 heteroatoms. The Morgan fingerprint density at radius 2 is 1.76 bits per heavy atom. The van der Waals surface area contributed by atoms with E-state index in [1.54, 1.807) is 13.0 Å². The lowest BCUT2D eigenvalue weighted by atomic mass is 9.44. The Morgan fingerprint density at radius 3 is 2.48 bits per heavy atom. The zero-order chi connectivity index (χ0) is 35.8. The number of ether oxygens (including phenoxy) is 1. The molecule has 284 valence electrons. The summed E-state index contributed by atoms with van der Waals surface area (Å²) in [6, 6.07) is 0. The van der Waals surface area contributed by atoms with Crippen molar-refractivity contribution in [2.75, 3.05) is 6.54 Å². The predicted molar refractivity (Wildman–Crippen MR) is 192 cm³/mol. The Hall–Kier alpha value is -0.910. The number of carbonyl (C=O) groups is 1. The van der Waals surface area contributed by atoms with E-state index in [0.29, 0.717) is 37.5 Å². The molecule has 17 atom stereocenters. The molecule has 6 fully saturated rings. The van der Waals surface area contributed by atoms with Crippen molar-refractivity contribution in [3.8, 4) is 0 Å². The van der Waals surface area contributed by atoms with E-state index in [2.05, 4.69) is 26.1 Å². The second-order valence-electron chi connectivity index (χ2n) is 19.0. The number of allylic oxidation sites excluding steroid dienone is 1. The van der Waals surface area contributed by atoms with E-state index in [1.165, 1.54) is 19.3 Å². The summed E-state index contributed by atoms with van der Waals surface area (Å²) in [6.07, 6.45) is 11.9. The standard InChI is InChI=1S/C41H68N2O7/c1-5-6-24-7-10-26-23(2)36(50-33(26)11-8-24)37(47)39(4,48)34-15-18-41(49)28-19-30(44)29-20-31(45)32(46)21-40(29,27(28)14-16-38(34,41)3)17-13-25-9-12-35(42)43-22-25/h19,23-27,29,31-37,43,45-49H,5-18,20-22,42H2,1-4H3. The Kier molecular flexibility index (Phi) is 10.3. The van der Waals surface area contributed by atoms with Gasteiger partial charge in [-0.1, -0.05) is 40.0 Å². The van der Waals surface area contributed by atoms with Crippen molar-refractivity contribution in [3.05, 3.63) is 11.6 Å². The minimum absolute atomic E-state index is 0.0151. The number of nitrogens with two attached hydrogens (primary N) is 1. The number of hydrogen-bond acceptors (Lipinski definition) is 9. The van der Waals surface area contributed by atoms with Gasteiger partial charge in [-0.3, -0.25) is 4.79 Å². The number of rotatable bonds is 8. The number of fused-ring (bicyclic) bond motifs is 6. The van der Waals surface area contributed by atoms with Gasteiger partial charge < -0.3 is 41.3 Å². The molecule has 0 bridgehead atoms. The zero-order valence-electron chi connectivity index (χ0n) is 31.2. The minimum Gasteiger partial charge on any atom is -0.390 e. The quantitative estimate of drug-likeness (QED) is 0.195. The molecule has 0 spiro atoms. The van der Waals surface area contributed by atoms with Gasteiger partial charge in [0.05, 0.1) is 41.8 Å². The molecule has 8 N–H and O–H groups in total. The molecule has 2 saturated heterocycles. The Bertz CT molecular complexity index is 1280. The maximum absolute atomic E-state index is 14.2. The van der Waals surface area contributed by atoms with E-state index in [-0.39, 0.29) is 36.3 Å². The summed E-state index contributed by atoms with van der Waals surface area (Å²) in [5.41, 5.74) is 2.75. The summed E-state index contributed by atoms with van der Waals surface area (Å²) in [5, 5.41) is 62.9. The second kappa shape index (κ2) is 13.7. The molecule has 7 aliphatic rings. The van der Waals surface area contributed by atoms with E-state index in [9.17, 15) is 30.3 Å². The summed E-state index contributed by atoms with van der Waals surface area (Å²) >= 11 is 0. The van der Waals surface area contributed by atoms with Gasteiger partial charge in [0.25, 0.3) is 0 Å². The molecule has 0 radical (unpaired) electrons.